The first kappa shape index (κ1) is 18.9. The molecular formula is C18H26N4O3. The van der Waals surface area contributed by atoms with Crippen LogP contribution in [0.15, 0.2) is 24.3 Å². The first-order valence-corrected chi connectivity index (χ1v) is 8.70. The van der Waals surface area contributed by atoms with Crippen LogP contribution in [0.4, 0.5) is 10.5 Å². The predicted molar refractivity (Wildman–Crippen MR) is 96.0 cm³/mol. The van der Waals surface area contributed by atoms with Crippen molar-refractivity contribution in [3.63, 3.8) is 0 Å². The van der Waals surface area contributed by atoms with Crippen LogP contribution in [0.25, 0.3) is 0 Å². The Hall–Kier alpha value is -2.41. The van der Waals surface area contributed by atoms with Crippen LogP contribution in [0.2, 0.25) is 0 Å². The standard InChI is InChI=1S/C18H26N4O3/c1-4-18(5-2)16(24)22(17(25)21-18)12-15(23)20-14-10-8-7-9-13(14)11-19-6-3/h7-10,19H,4-6,11-12H2,1-3H3,(H,20,23)(H,21,25). The van der Waals surface area contributed by atoms with Gasteiger partial charge in [0, 0.05) is 12.2 Å². The molecule has 1 fully saturated rings. The monoisotopic (exact) mass is 346 g/mol. The molecule has 2 rings (SSSR count). The topological polar surface area (TPSA) is 90.5 Å². The van der Waals surface area contributed by atoms with E-state index in [-0.39, 0.29) is 12.5 Å². The Morgan fingerprint density at radius 1 is 1.16 bits per heavy atom. The first-order valence-electron chi connectivity index (χ1n) is 8.70. The summed E-state index contributed by atoms with van der Waals surface area (Å²) in [6.07, 6.45) is 0.995. The zero-order valence-electron chi connectivity index (χ0n) is 15.0. The number of nitrogens with zero attached hydrogens (tertiary/aromatic N) is 1. The summed E-state index contributed by atoms with van der Waals surface area (Å²) in [4.78, 5) is 38.0. The van der Waals surface area contributed by atoms with E-state index in [0.29, 0.717) is 25.1 Å². The number of nitrogens with one attached hydrogen (secondary N) is 3. The summed E-state index contributed by atoms with van der Waals surface area (Å²) in [7, 11) is 0. The number of carbonyl (C=O) groups is 3. The molecule has 25 heavy (non-hydrogen) atoms. The van der Waals surface area contributed by atoms with Gasteiger partial charge in [0.15, 0.2) is 0 Å². The molecule has 1 aliphatic rings. The third-order valence-electron chi connectivity index (χ3n) is 4.61. The van der Waals surface area contributed by atoms with Gasteiger partial charge in [-0.15, -0.1) is 0 Å². The SMILES string of the molecule is CCNCc1ccccc1NC(=O)CN1C(=O)NC(CC)(CC)C1=O. The Labute approximate surface area is 148 Å². The Bertz CT molecular complexity index is 655. The largest absolute Gasteiger partial charge is 0.325 e. The van der Waals surface area contributed by atoms with Crippen molar-refractivity contribution < 1.29 is 14.4 Å². The van der Waals surface area contributed by atoms with Crippen LogP contribution >= 0.6 is 0 Å². The summed E-state index contributed by atoms with van der Waals surface area (Å²) in [6, 6.07) is 6.95. The van der Waals surface area contributed by atoms with E-state index < -0.39 is 17.5 Å². The molecule has 7 nitrogen and oxygen atoms in total. The molecule has 0 radical (unpaired) electrons. The van der Waals surface area contributed by atoms with Crippen molar-refractivity contribution in [1.29, 1.82) is 0 Å². The Morgan fingerprint density at radius 2 is 1.84 bits per heavy atom. The number of para-hydroxylation sites is 1. The number of rotatable bonds is 8. The van der Waals surface area contributed by atoms with Gasteiger partial charge in [-0.05, 0) is 31.0 Å². The number of imide groups is 1. The highest BCUT2D eigenvalue weighted by atomic mass is 16.2. The summed E-state index contributed by atoms with van der Waals surface area (Å²) in [5.41, 5.74) is 0.740. The summed E-state index contributed by atoms with van der Waals surface area (Å²) in [6.45, 7) is 6.87. The van der Waals surface area contributed by atoms with Gasteiger partial charge in [0.25, 0.3) is 5.91 Å². The van der Waals surface area contributed by atoms with Gasteiger partial charge >= 0.3 is 6.03 Å². The smallest absolute Gasteiger partial charge is 0.324 e. The molecule has 0 atom stereocenters. The van der Waals surface area contributed by atoms with Crippen molar-refractivity contribution in [1.82, 2.24) is 15.5 Å². The van der Waals surface area contributed by atoms with Gasteiger partial charge in [0.2, 0.25) is 5.91 Å². The fraction of sp³-hybridized carbons (Fsp3) is 0.500. The number of anilines is 1. The summed E-state index contributed by atoms with van der Waals surface area (Å²) in [5.74, 6) is -0.728. The van der Waals surface area contributed by atoms with Gasteiger partial charge in [0.05, 0.1) is 0 Å². The van der Waals surface area contributed by atoms with E-state index >= 15 is 0 Å². The number of hydrogen-bond acceptors (Lipinski definition) is 4. The predicted octanol–water partition coefficient (Wildman–Crippen LogP) is 1.85. The normalized spacial score (nSPS) is 16.0. The fourth-order valence-electron chi connectivity index (χ4n) is 2.94. The minimum absolute atomic E-state index is 0.290. The van der Waals surface area contributed by atoms with Crippen LogP contribution < -0.4 is 16.0 Å². The van der Waals surface area contributed by atoms with Gasteiger partial charge in [0.1, 0.15) is 12.1 Å². The van der Waals surface area contributed by atoms with Gasteiger partial charge in [-0.1, -0.05) is 39.0 Å². The number of urea groups is 1. The highest BCUT2D eigenvalue weighted by Gasteiger charge is 2.49. The zero-order chi connectivity index (χ0) is 18.4. The summed E-state index contributed by atoms with van der Waals surface area (Å²) >= 11 is 0. The quantitative estimate of drug-likeness (QED) is 0.627. The molecule has 136 valence electrons. The molecule has 0 unspecified atom stereocenters. The molecule has 1 aliphatic heterocycles. The number of carbonyl (C=O) groups excluding carboxylic acids is 3. The minimum atomic E-state index is -0.889. The first-order chi connectivity index (χ1) is 12.0. The molecule has 0 aromatic heterocycles. The average molecular weight is 346 g/mol. The van der Waals surface area contributed by atoms with E-state index in [1.54, 1.807) is 6.07 Å². The molecule has 4 amide bonds. The lowest BCUT2D eigenvalue weighted by molar-refractivity contribution is -0.134. The highest BCUT2D eigenvalue weighted by Crippen LogP contribution is 2.25. The number of hydrogen-bond donors (Lipinski definition) is 3. The van der Waals surface area contributed by atoms with Crippen molar-refractivity contribution in [3.05, 3.63) is 29.8 Å². The van der Waals surface area contributed by atoms with Crippen molar-refractivity contribution in [2.75, 3.05) is 18.4 Å². The lowest BCUT2D eigenvalue weighted by Crippen LogP contribution is -2.46. The van der Waals surface area contributed by atoms with Crippen LogP contribution in [-0.4, -0.2) is 41.4 Å². The molecule has 0 bridgehead atoms. The zero-order valence-corrected chi connectivity index (χ0v) is 15.0. The summed E-state index contributed by atoms with van der Waals surface area (Å²) < 4.78 is 0. The van der Waals surface area contributed by atoms with Crippen LogP contribution in [0.1, 0.15) is 39.2 Å². The molecule has 1 aromatic carbocycles. The molecule has 0 aliphatic carbocycles. The van der Waals surface area contributed by atoms with E-state index in [1.807, 2.05) is 39.0 Å². The van der Waals surface area contributed by atoms with Crippen molar-refractivity contribution in [2.45, 2.75) is 45.7 Å². The lowest BCUT2D eigenvalue weighted by Gasteiger charge is -2.23. The van der Waals surface area contributed by atoms with Gasteiger partial charge < -0.3 is 16.0 Å². The van der Waals surface area contributed by atoms with Crippen LogP contribution in [0, 0.1) is 0 Å². The Kier molecular flexibility index (Phi) is 6.14. The lowest BCUT2D eigenvalue weighted by atomic mass is 9.93. The van der Waals surface area contributed by atoms with E-state index in [1.165, 1.54) is 0 Å². The van der Waals surface area contributed by atoms with Crippen LogP contribution in [-0.2, 0) is 16.1 Å². The molecule has 1 aromatic rings. The summed E-state index contributed by atoms with van der Waals surface area (Å²) in [5, 5.41) is 8.73. The maximum atomic E-state index is 12.5. The van der Waals surface area contributed by atoms with Crippen LogP contribution in [0.3, 0.4) is 0 Å². The van der Waals surface area contributed by atoms with E-state index in [4.69, 9.17) is 0 Å². The van der Waals surface area contributed by atoms with Gasteiger partial charge in [-0.2, -0.15) is 0 Å². The number of benzene rings is 1. The van der Waals surface area contributed by atoms with E-state index in [9.17, 15) is 14.4 Å². The minimum Gasteiger partial charge on any atom is -0.324 e. The molecule has 7 heteroatoms. The molecule has 0 spiro atoms. The fourth-order valence-corrected chi connectivity index (χ4v) is 2.94. The van der Waals surface area contributed by atoms with Gasteiger partial charge in [-0.3, -0.25) is 14.5 Å². The Morgan fingerprint density at radius 3 is 2.44 bits per heavy atom. The Balaban J connectivity index is 2.06. The second-order valence-electron chi connectivity index (χ2n) is 6.10. The molecule has 1 heterocycles. The highest BCUT2D eigenvalue weighted by molar-refractivity contribution is 6.10. The van der Waals surface area contributed by atoms with Crippen molar-refractivity contribution in [3.8, 4) is 0 Å². The van der Waals surface area contributed by atoms with E-state index in [0.717, 1.165) is 17.0 Å². The maximum absolute atomic E-state index is 12.5. The molecule has 0 saturated carbocycles. The van der Waals surface area contributed by atoms with Gasteiger partial charge in [-0.25, -0.2) is 4.79 Å². The number of amides is 4. The molecule has 3 N–H and O–H groups in total. The maximum Gasteiger partial charge on any atom is 0.325 e. The average Bonchev–Trinajstić information content (AvgIpc) is 2.85. The van der Waals surface area contributed by atoms with Crippen LogP contribution in [0.5, 0.6) is 0 Å². The van der Waals surface area contributed by atoms with Crippen molar-refractivity contribution in [2.24, 2.45) is 0 Å². The second-order valence-corrected chi connectivity index (χ2v) is 6.10. The third-order valence-corrected chi connectivity index (χ3v) is 4.61. The molecule has 1 saturated heterocycles. The van der Waals surface area contributed by atoms with Crippen molar-refractivity contribution >= 4 is 23.5 Å². The van der Waals surface area contributed by atoms with E-state index in [2.05, 4.69) is 16.0 Å². The molecular weight excluding hydrogens is 320 g/mol. The second kappa shape index (κ2) is 8.11. The third kappa shape index (κ3) is 3.99.